The Bertz CT molecular complexity index is 439. The van der Waals surface area contributed by atoms with Gasteiger partial charge in [0.05, 0.1) is 0 Å². The third kappa shape index (κ3) is 4.57. The van der Waals surface area contributed by atoms with E-state index in [1.54, 1.807) is 5.57 Å². The van der Waals surface area contributed by atoms with Crippen LogP contribution in [0.3, 0.4) is 0 Å². The van der Waals surface area contributed by atoms with Crippen molar-refractivity contribution >= 4 is 23.4 Å². The summed E-state index contributed by atoms with van der Waals surface area (Å²) in [6, 6.07) is 8.15. The van der Waals surface area contributed by atoms with Gasteiger partial charge < -0.3 is 0 Å². The lowest BCUT2D eigenvalue weighted by molar-refractivity contribution is 0.221. The van der Waals surface area contributed by atoms with Crippen LogP contribution in [-0.4, -0.2) is 5.75 Å². The van der Waals surface area contributed by atoms with Crippen LogP contribution in [0.2, 0.25) is 5.02 Å². The van der Waals surface area contributed by atoms with Gasteiger partial charge in [-0.3, -0.25) is 0 Å². The quantitative estimate of drug-likeness (QED) is 0.472. The van der Waals surface area contributed by atoms with Crippen LogP contribution in [0.25, 0.3) is 0 Å². The van der Waals surface area contributed by atoms with Crippen LogP contribution in [0, 0.1) is 11.3 Å². The van der Waals surface area contributed by atoms with Crippen molar-refractivity contribution in [3.05, 3.63) is 40.9 Å². The van der Waals surface area contributed by atoms with Gasteiger partial charge in [-0.15, -0.1) is 11.8 Å². The smallest absolute Gasteiger partial charge is 0.0406 e. The minimum atomic E-state index is 0.450. The van der Waals surface area contributed by atoms with Gasteiger partial charge in [0.2, 0.25) is 0 Å². The van der Waals surface area contributed by atoms with Crippen molar-refractivity contribution in [2.24, 2.45) is 11.3 Å². The molecule has 0 spiro atoms. The van der Waals surface area contributed by atoms with Gasteiger partial charge in [-0.2, -0.15) is 0 Å². The van der Waals surface area contributed by atoms with Crippen LogP contribution in [0.4, 0.5) is 0 Å². The molecule has 0 saturated carbocycles. The van der Waals surface area contributed by atoms with Gasteiger partial charge >= 0.3 is 0 Å². The Labute approximate surface area is 126 Å². The fraction of sp³-hybridized carbons (Fsp3) is 0.529. The molecule has 19 heavy (non-hydrogen) atoms. The molecule has 0 nitrogen and oxygen atoms in total. The van der Waals surface area contributed by atoms with E-state index in [2.05, 4.69) is 39.0 Å². The van der Waals surface area contributed by atoms with Gasteiger partial charge in [-0.05, 0) is 54.9 Å². The number of rotatable bonds is 3. The molecular weight excluding hydrogens is 272 g/mol. The molecule has 0 amide bonds. The second kappa shape index (κ2) is 6.37. The molecule has 2 rings (SSSR count). The van der Waals surface area contributed by atoms with Gasteiger partial charge in [0.1, 0.15) is 0 Å². The van der Waals surface area contributed by atoms with Crippen LogP contribution in [0.1, 0.15) is 40.0 Å². The predicted molar refractivity (Wildman–Crippen MR) is 87.1 cm³/mol. The summed E-state index contributed by atoms with van der Waals surface area (Å²) >= 11 is 7.82. The molecule has 0 aliphatic heterocycles. The molecule has 1 unspecified atom stereocenters. The van der Waals surface area contributed by atoms with E-state index >= 15 is 0 Å². The van der Waals surface area contributed by atoms with E-state index < -0.39 is 0 Å². The summed E-state index contributed by atoms with van der Waals surface area (Å²) in [5.74, 6) is 1.97. The molecular formula is C17H23ClS. The summed E-state index contributed by atoms with van der Waals surface area (Å²) in [6.07, 6.45) is 6.33. The molecule has 1 aliphatic rings. The molecule has 0 bridgehead atoms. The molecule has 0 heterocycles. The highest BCUT2D eigenvalue weighted by atomic mass is 35.5. The Balaban J connectivity index is 1.85. The van der Waals surface area contributed by atoms with E-state index in [0.29, 0.717) is 5.41 Å². The van der Waals surface area contributed by atoms with Gasteiger partial charge in [0, 0.05) is 15.7 Å². The van der Waals surface area contributed by atoms with Gasteiger partial charge in [-0.1, -0.05) is 44.0 Å². The molecule has 1 aromatic carbocycles. The molecule has 1 aliphatic carbocycles. The molecule has 104 valence electrons. The lowest BCUT2D eigenvalue weighted by Gasteiger charge is -2.33. The maximum Gasteiger partial charge on any atom is 0.0406 e. The molecule has 1 atom stereocenters. The minimum Gasteiger partial charge on any atom is -0.122 e. The molecule has 0 saturated heterocycles. The summed E-state index contributed by atoms with van der Waals surface area (Å²) in [6.45, 7) is 7.08. The lowest BCUT2D eigenvalue weighted by Crippen LogP contribution is -2.22. The Morgan fingerprint density at radius 2 is 1.89 bits per heavy atom. The third-order valence-corrected chi connectivity index (χ3v) is 5.34. The van der Waals surface area contributed by atoms with Crippen molar-refractivity contribution in [2.45, 2.75) is 44.9 Å². The monoisotopic (exact) mass is 294 g/mol. The van der Waals surface area contributed by atoms with Crippen molar-refractivity contribution in [1.82, 2.24) is 0 Å². The predicted octanol–water partition coefficient (Wildman–Crippen LogP) is 6.20. The van der Waals surface area contributed by atoms with Gasteiger partial charge in [0.15, 0.2) is 0 Å². The normalized spacial score (nSPS) is 20.2. The van der Waals surface area contributed by atoms with Crippen molar-refractivity contribution in [3.8, 4) is 0 Å². The Hall–Kier alpha value is -0.400. The highest BCUT2D eigenvalue weighted by Gasteiger charge is 2.25. The largest absolute Gasteiger partial charge is 0.122 e. The Kier molecular flexibility index (Phi) is 5.03. The highest BCUT2D eigenvalue weighted by Crippen LogP contribution is 2.38. The SMILES string of the molecule is CC(C)(C)C1CC=C(CSc2ccc(Cl)cc2)CC1. The first-order valence-electron chi connectivity index (χ1n) is 7.01. The zero-order chi connectivity index (χ0) is 13.9. The average molecular weight is 295 g/mol. The molecule has 1 aromatic rings. The molecule has 0 fully saturated rings. The minimum absolute atomic E-state index is 0.450. The van der Waals surface area contributed by atoms with Crippen molar-refractivity contribution in [2.75, 3.05) is 5.75 Å². The van der Waals surface area contributed by atoms with E-state index in [1.807, 2.05) is 23.9 Å². The standard InChI is InChI=1S/C17H23ClS/c1-17(2,3)14-6-4-13(5-7-14)12-19-16-10-8-15(18)9-11-16/h4,8-11,14H,5-7,12H2,1-3H3. The molecule has 0 N–H and O–H groups in total. The first kappa shape index (κ1) is 15.0. The number of hydrogen-bond acceptors (Lipinski definition) is 1. The van der Waals surface area contributed by atoms with E-state index in [0.717, 1.165) is 16.7 Å². The van der Waals surface area contributed by atoms with E-state index in [9.17, 15) is 0 Å². The van der Waals surface area contributed by atoms with Gasteiger partial charge in [-0.25, -0.2) is 0 Å². The summed E-state index contributed by atoms with van der Waals surface area (Å²) in [5.41, 5.74) is 2.06. The Morgan fingerprint density at radius 1 is 1.21 bits per heavy atom. The topological polar surface area (TPSA) is 0 Å². The van der Waals surface area contributed by atoms with E-state index in [-0.39, 0.29) is 0 Å². The molecule has 2 heteroatoms. The lowest BCUT2D eigenvalue weighted by atomic mass is 9.73. The second-order valence-electron chi connectivity index (χ2n) is 6.44. The fourth-order valence-electron chi connectivity index (χ4n) is 2.51. The number of thioether (sulfide) groups is 1. The number of allylic oxidation sites excluding steroid dienone is 1. The third-order valence-electron chi connectivity index (χ3n) is 3.97. The maximum atomic E-state index is 5.90. The first-order chi connectivity index (χ1) is 8.95. The summed E-state index contributed by atoms with van der Waals surface area (Å²) in [5, 5.41) is 0.814. The van der Waals surface area contributed by atoms with Crippen LogP contribution in [0.15, 0.2) is 40.8 Å². The summed E-state index contributed by atoms with van der Waals surface area (Å²) in [7, 11) is 0. The van der Waals surface area contributed by atoms with E-state index in [1.165, 1.54) is 24.2 Å². The zero-order valence-electron chi connectivity index (χ0n) is 12.1. The zero-order valence-corrected chi connectivity index (χ0v) is 13.7. The first-order valence-corrected chi connectivity index (χ1v) is 8.38. The summed E-state index contributed by atoms with van der Waals surface area (Å²) in [4.78, 5) is 1.31. The maximum absolute atomic E-state index is 5.90. The van der Waals surface area contributed by atoms with Crippen molar-refractivity contribution in [1.29, 1.82) is 0 Å². The van der Waals surface area contributed by atoms with Crippen LogP contribution in [-0.2, 0) is 0 Å². The summed E-state index contributed by atoms with van der Waals surface area (Å²) < 4.78 is 0. The van der Waals surface area contributed by atoms with Crippen LogP contribution < -0.4 is 0 Å². The number of halogens is 1. The van der Waals surface area contributed by atoms with Crippen molar-refractivity contribution < 1.29 is 0 Å². The van der Waals surface area contributed by atoms with Crippen LogP contribution >= 0.6 is 23.4 Å². The van der Waals surface area contributed by atoms with Gasteiger partial charge in [0.25, 0.3) is 0 Å². The van der Waals surface area contributed by atoms with Crippen LogP contribution in [0.5, 0.6) is 0 Å². The highest BCUT2D eigenvalue weighted by molar-refractivity contribution is 7.99. The molecule has 0 aromatic heterocycles. The second-order valence-corrected chi connectivity index (χ2v) is 7.93. The van der Waals surface area contributed by atoms with Crippen molar-refractivity contribution in [3.63, 3.8) is 0 Å². The Morgan fingerprint density at radius 3 is 2.42 bits per heavy atom. The average Bonchev–Trinajstić information content (AvgIpc) is 2.37. The number of hydrogen-bond donors (Lipinski definition) is 0. The fourth-order valence-corrected chi connectivity index (χ4v) is 3.58. The molecule has 0 radical (unpaired) electrons. The van der Waals surface area contributed by atoms with E-state index in [4.69, 9.17) is 11.6 Å². The number of benzene rings is 1.